The van der Waals surface area contributed by atoms with E-state index in [1.807, 2.05) is 12.1 Å². The van der Waals surface area contributed by atoms with Gasteiger partial charge in [-0.15, -0.1) is 0 Å². The van der Waals surface area contributed by atoms with E-state index in [-0.39, 0.29) is 0 Å². The molecule has 0 amide bonds. The summed E-state index contributed by atoms with van der Waals surface area (Å²) in [5.74, 6) is 0.323. The van der Waals surface area contributed by atoms with Crippen LogP contribution < -0.4 is 5.32 Å². The minimum absolute atomic E-state index is 0.323. The van der Waals surface area contributed by atoms with Gasteiger partial charge < -0.3 is 15.3 Å². The molecular weight excluding hydrogens is 200 g/mol. The second kappa shape index (κ2) is 6.51. The van der Waals surface area contributed by atoms with E-state index in [1.165, 1.54) is 5.56 Å². The molecule has 1 aromatic rings. The van der Waals surface area contributed by atoms with Crippen LogP contribution in [-0.4, -0.2) is 37.2 Å². The zero-order valence-electron chi connectivity index (χ0n) is 10.4. The molecule has 0 heterocycles. The van der Waals surface area contributed by atoms with E-state index < -0.39 is 0 Å². The summed E-state index contributed by atoms with van der Waals surface area (Å²) in [7, 11) is 4.17. The van der Waals surface area contributed by atoms with Crippen LogP contribution in [-0.2, 0) is 0 Å². The third kappa shape index (κ3) is 4.64. The Morgan fingerprint density at radius 1 is 1.25 bits per heavy atom. The lowest BCUT2D eigenvalue weighted by Gasteiger charge is -2.15. The molecule has 0 saturated heterocycles. The number of hydrogen-bond donors (Lipinski definition) is 2. The Kier molecular flexibility index (Phi) is 5.29. The van der Waals surface area contributed by atoms with Gasteiger partial charge in [0.25, 0.3) is 0 Å². The van der Waals surface area contributed by atoms with Gasteiger partial charge in [0.15, 0.2) is 0 Å². The predicted octanol–water partition coefficient (Wildman–Crippen LogP) is 1.99. The molecule has 0 radical (unpaired) electrons. The fraction of sp³-hybridized carbons (Fsp3) is 0.538. The smallest absolute Gasteiger partial charge is 0.115 e. The predicted molar refractivity (Wildman–Crippen MR) is 67.7 cm³/mol. The van der Waals surface area contributed by atoms with E-state index in [2.05, 4.69) is 31.2 Å². The Morgan fingerprint density at radius 3 is 2.44 bits per heavy atom. The third-order valence-corrected chi connectivity index (χ3v) is 2.63. The molecule has 0 spiro atoms. The van der Waals surface area contributed by atoms with Crippen LogP contribution in [0.15, 0.2) is 24.3 Å². The average Bonchev–Trinajstić information content (AvgIpc) is 2.25. The molecule has 0 fully saturated rings. The maximum Gasteiger partial charge on any atom is 0.115 e. The van der Waals surface area contributed by atoms with Crippen molar-refractivity contribution in [3.8, 4) is 5.75 Å². The van der Waals surface area contributed by atoms with Crippen molar-refractivity contribution in [3.63, 3.8) is 0 Å². The maximum absolute atomic E-state index is 9.19. The molecule has 0 aromatic heterocycles. The summed E-state index contributed by atoms with van der Waals surface area (Å²) in [5.41, 5.74) is 1.21. The summed E-state index contributed by atoms with van der Waals surface area (Å²) in [6.45, 7) is 4.26. The Labute approximate surface area is 98.1 Å². The summed E-state index contributed by atoms with van der Waals surface area (Å²) in [6, 6.07) is 7.71. The first-order valence-corrected chi connectivity index (χ1v) is 5.76. The van der Waals surface area contributed by atoms with Crippen molar-refractivity contribution < 1.29 is 5.11 Å². The average molecular weight is 222 g/mol. The lowest BCUT2D eigenvalue weighted by Crippen LogP contribution is -2.23. The molecule has 16 heavy (non-hydrogen) atoms. The van der Waals surface area contributed by atoms with E-state index in [0.717, 1.165) is 19.5 Å². The van der Waals surface area contributed by atoms with E-state index in [1.54, 1.807) is 12.1 Å². The van der Waals surface area contributed by atoms with Gasteiger partial charge in [0.2, 0.25) is 0 Å². The fourth-order valence-corrected chi connectivity index (χ4v) is 1.59. The van der Waals surface area contributed by atoms with Crippen molar-refractivity contribution >= 4 is 0 Å². The summed E-state index contributed by atoms with van der Waals surface area (Å²) in [5, 5.41) is 12.7. The Balaban J connectivity index is 2.29. The Morgan fingerprint density at radius 2 is 1.88 bits per heavy atom. The van der Waals surface area contributed by atoms with E-state index >= 15 is 0 Å². The molecule has 1 rings (SSSR count). The lowest BCUT2D eigenvalue weighted by molar-refractivity contribution is 0.389. The SMILES string of the molecule is CC(NCCCN(C)C)c1ccc(O)cc1. The minimum Gasteiger partial charge on any atom is -0.508 e. The normalized spacial score (nSPS) is 13.0. The quantitative estimate of drug-likeness (QED) is 0.723. The molecule has 1 unspecified atom stereocenters. The van der Waals surface area contributed by atoms with Crippen LogP contribution in [0.5, 0.6) is 5.75 Å². The summed E-state index contributed by atoms with van der Waals surface area (Å²) >= 11 is 0. The summed E-state index contributed by atoms with van der Waals surface area (Å²) in [4.78, 5) is 2.19. The van der Waals surface area contributed by atoms with E-state index in [4.69, 9.17) is 0 Å². The number of phenols is 1. The highest BCUT2D eigenvalue weighted by atomic mass is 16.3. The van der Waals surface area contributed by atoms with Crippen molar-refractivity contribution in [3.05, 3.63) is 29.8 Å². The van der Waals surface area contributed by atoms with E-state index in [9.17, 15) is 5.11 Å². The Bertz CT molecular complexity index is 295. The van der Waals surface area contributed by atoms with Gasteiger partial charge in [0.05, 0.1) is 0 Å². The molecule has 0 saturated carbocycles. The fourth-order valence-electron chi connectivity index (χ4n) is 1.59. The molecule has 90 valence electrons. The van der Waals surface area contributed by atoms with Crippen molar-refractivity contribution in [1.29, 1.82) is 0 Å². The van der Waals surface area contributed by atoms with Crippen molar-refractivity contribution in [1.82, 2.24) is 10.2 Å². The largest absolute Gasteiger partial charge is 0.508 e. The summed E-state index contributed by atoms with van der Waals surface area (Å²) in [6.07, 6.45) is 1.15. The van der Waals surface area contributed by atoms with Crippen LogP contribution in [0.1, 0.15) is 24.9 Å². The number of benzene rings is 1. The van der Waals surface area contributed by atoms with Gasteiger partial charge in [-0.05, 0) is 58.2 Å². The van der Waals surface area contributed by atoms with Crippen LogP contribution >= 0.6 is 0 Å². The molecular formula is C13H22N2O. The van der Waals surface area contributed by atoms with Crippen molar-refractivity contribution in [2.45, 2.75) is 19.4 Å². The van der Waals surface area contributed by atoms with Gasteiger partial charge in [-0.2, -0.15) is 0 Å². The molecule has 1 aromatic carbocycles. The van der Waals surface area contributed by atoms with Gasteiger partial charge >= 0.3 is 0 Å². The number of phenolic OH excluding ortho intramolecular Hbond substituents is 1. The molecule has 3 nitrogen and oxygen atoms in total. The maximum atomic E-state index is 9.19. The van der Waals surface area contributed by atoms with Crippen molar-refractivity contribution in [2.75, 3.05) is 27.2 Å². The van der Waals surface area contributed by atoms with Gasteiger partial charge in [-0.3, -0.25) is 0 Å². The molecule has 0 aliphatic rings. The van der Waals surface area contributed by atoms with E-state index in [0.29, 0.717) is 11.8 Å². The zero-order chi connectivity index (χ0) is 12.0. The van der Waals surface area contributed by atoms with Crippen LogP contribution in [0.2, 0.25) is 0 Å². The van der Waals surface area contributed by atoms with Gasteiger partial charge in [0.1, 0.15) is 5.75 Å². The van der Waals surface area contributed by atoms with Crippen LogP contribution in [0.25, 0.3) is 0 Å². The topological polar surface area (TPSA) is 35.5 Å². The lowest BCUT2D eigenvalue weighted by atomic mass is 10.1. The number of nitrogens with one attached hydrogen (secondary N) is 1. The first-order chi connectivity index (χ1) is 7.59. The van der Waals surface area contributed by atoms with Crippen LogP contribution in [0.4, 0.5) is 0 Å². The molecule has 0 bridgehead atoms. The highest BCUT2D eigenvalue weighted by Crippen LogP contribution is 2.15. The molecule has 0 aliphatic carbocycles. The van der Waals surface area contributed by atoms with Crippen LogP contribution in [0.3, 0.4) is 0 Å². The first kappa shape index (κ1) is 13.0. The van der Waals surface area contributed by atoms with Gasteiger partial charge in [0, 0.05) is 6.04 Å². The minimum atomic E-state index is 0.323. The highest BCUT2D eigenvalue weighted by Gasteiger charge is 2.03. The highest BCUT2D eigenvalue weighted by molar-refractivity contribution is 5.27. The van der Waals surface area contributed by atoms with Gasteiger partial charge in [-0.25, -0.2) is 0 Å². The second-order valence-electron chi connectivity index (χ2n) is 4.42. The number of hydrogen-bond acceptors (Lipinski definition) is 3. The van der Waals surface area contributed by atoms with Gasteiger partial charge in [-0.1, -0.05) is 12.1 Å². The number of aromatic hydroxyl groups is 1. The second-order valence-corrected chi connectivity index (χ2v) is 4.42. The Hall–Kier alpha value is -1.06. The molecule has 0 aliphatic heterocycles. The molecule has 2 N–H and O–H groups in total. The number of rotatable bonds is 6. The molecule has 1 atom stereocenters. The zero-order valence-corrected chi connectivity index (χ0v) is 10.4. The summed E-state index contributed by atoms with van der Waals surface area (Å²) < 4.78 is 0. The van der Waals surface area contributed by atoms with Crippen LogP contribution in [0, 0.1) is 0 Å². The van der Waals surface area contributed by atoms with Crippen molar-refractivity contribution in [2.24, 2.45) is 0 Å². The number of nitrogens with zero attached hydrogens (tertiary/aromatic N) is 1. The third-order valence-electron chi connectivity index (χ3n) is 2.63. The first-order valence-electron chi connectivity index (χ1n) is 5.76. The standard InChI is InChI=1S/C13H22N2O/c1-11(14-9-4-10-15(2)3)12-5-7-13(16)8-6-12/h5-8,11,14,16H,4,9-10H2,1-3H3. The molecule has 3 heteroatoms. The monoisotopic (exact) mass is 222 g/mol.